The molecule has 1 heterocycles. The molecule has 3 rings (SSSR count). The molecule has 28 heavy (non-hydrogen) atoms. The van der Waals surface area contributed by atoms with Crippen molar-refractivity contribution in [3.05, 3.63) is 75.9 Å². The molecule has 0 aliphatic rings. The normalized spacial score (nSPS) is 10.4. The lowest BCUT2D eigenvalue weighted by molar-refractivity contribution is 0.0601. The first-order valence-electron chi connectivity index (χ1n) is 8.74. The third-order valence-corrected chi connectivity index (χ3v) is 4.37. The highest BCUT2D eigenvalue weighted by Gasteiger charge is 2.11. The van der Waals surface area contributed by atoms with E-state index in [2.05, 4.69) is 45.7 Å². The fraction of sp³-hybridized carbons (Fsp3) is 0.190. The maximum Gasteiger partial charge on any atom is 0.337 e. The Balaban J connectivity index is 1.79. The summed E-state index contributed by atoms with van der Waals surface area (Å²) in [5, 5.41) is 6.84. The molecule has 0 bridgehead atoms. The van der Waals surface area contributed by atoms with E-state index in [0.717, 1.165) is 5.69 Å². The van der Waals surface area contributed by atoms with Gasteiger partial charge in [-0.25, -0.2) is 9.78 Å². The van der Waals surface area contributed by atoms with Crippen molar-refractivity contribution in [2.24, 2.45) is 0 Å². The van der Waals surface area contributed by atoms with Crippen LogP contribution >= 0.6 is 11.6 Å². The summed E-state index contributed by atoms with van der Waals surface area (Å²) in [5.41, 5.74) is 4.09. The molecule has 7 heteroatoms. The van der Waals surface area contributed by atoms with E-state index in [-0.39, 0.29) is 0 Å². The minimum atomic E-state index is -0.439. The van der Waals surface area contributed by atoms with Crippen molar-refractivity contribution < 1.29 is 9.53 Å². The number of ether oxygens (including phenoxy) is 1. The number of nitrogens with one attached hydrogen (secondary N) is 2. The van der Waals surface area contributed by atoms with Gasteiger partial charge in [0.2, 0.25) is 5.95 Å². The van der Waals surface area contributed by atoms with Crippen molar-refractivity contribution in [1.82, 2.24) is 9.97 Å². The first kappa shape index (κ1) is 19.6. The molecular formula is C21H21ClN4O2. The van der Waals surface area contributed by atoms with Crippen LogP contribution in [0.5, 0.6) is 0 Å². The predicted octanol–water partition coefficient (Wildman–Crippen LogP) is 4.89. The molecule has 0 spiro atoms. The zero-order chi connectivity index (χ0) is 20.1. The number of esters is 1. The van der Waals surface area contributed by atoms with E-state index in [1.807, 2.05) is 19.1 Å². The maximum absolute atomic E-state index is 11.7. The van der Waals surface area contributed by atoms with Gasteiger partial charge < -0.3 is 15.4 Å². The Labute approximate surface area is 168 Å². The van der Waals surface area contributed by atoms with Crippen LogP contribution in [0.15, 0.2) is 48.5 Å². The fourth-order valence-electron chi connectivity index (χ4n) is 2.72. The molecule has 144 valence electrons. The van der Waals surface area contributed by atoms with Crippen LogP contribution in [0.1, 0.15) is 27.2 Å². The van der Waals surface area contributed by atoms with Crippen LogP contribution in [-0.2, 0) is 11.3 Å². The molecule has 1 aromatic heterocycles. The molecule has 0 saturated carbocycles. The van der Waals surface area contributed by atoms with Crippen molar-refractivity contribution in [3.63, 3.8) is 0 Å². The number of aromatic nitrogens is 2. The number of aryl methyl sites for hydroxylation is 2. The summed E-state index contributed by atoms with van der Waals surface area (Å²) >= 11 is 6.24. The molecular weight excluding hydrogens is 376 g/mol. The lowest BCUT2D eigenvalue weighted by atomic mass is 10.1. The highest BCUT2D eigenvalue weighted by atomic mass is 35.5. The van der Waals surface area contributed by atoms with Crippen LogP contribution in [0.25, 0.3) is 0 Å². The van der Waals surface area contributed by atoms with E-state index in [1.165, 1.54) is 18.2 Å². The van der Waals surface area contributed by atoms with Crippen LogP contribution in [-0.4, -0.2) is 23.0 Å². The van der Waals surface area contributed by atoms with Crippen LogP contribution in [0.2, 0.25) is 5.02 Å². The van der Waals surface area contributed by atoms with Gasteiger partial charge in [0.15, 0.2) is 0 Å². The Morgan fingerprint density at radius 1 is 1.11 bits per heavy atom. The van der Waals surface area contributed by atoms with Gasteiger partial charge in [-0.05, 0) is 37.6 Å². The van der Waals surface area contributed by atoms with Crippen molar-refractivity contribution in [1.29, 1.82) is 0 Å². The number of hydrogen-bond donors (Lipinski definition) is 2. The summed E-state index contributed by atoms with van der Waals surface area (Å²) in [4.78, 5) is 20.6. The maximum atomic E-state index is 11.7. The van der Waals surface area contributed by atoms with Gasteiger partial charge in [-0.15, -0.1) is 0 Å². The molecule has 0 fully saturated rings. The molecule has 0 atom stereocenters. The average Bonchev–Trinajstić information content (AvgIpc) is 2.67. The Hall–Kier alpha value is -3.12. The summed E-state index contributed by atoms with van der Waals surface area (Å²) in [6.07, 6.45) is 0. The highest BCUT2D eigenvalue weighted by Crippen LogP contribution is 2.26. The van der Waals surface area contributed by atoms with Gasteiger partial charge >= 0.3 is 5.97 Å². The van der Waals surface area contributed by atoms with Crippen molar-refractivity contribution in [2.45, 2.75) is 20.4 Å². The molecule has 0 amide bonds. The number of rotatable bonds is 6. The topological polar surface area (TPSA) is 76.1 Å². The summed E-state index contributed by atoms with van der Waals surface area (Å²) in [7, 11) is 1.33. The number of nitrogens with zero attached hydrogens (tertiary/aromatic N) is 2. The molecule has 0 aliphatic heterocycles. The lowest BCUT2D eigenvalue weighted by Crippen LogP contribution is -2.07. The number of carbonyl (C=O) groups excluding carboxylic acids is 1. The molecule has 3 aromatic rings. The zero-order valence-electron chi connectivity index (χ0n) is 15.9. The Morgan fingerprint density at radius 2 is 1.93 bits per heavy atom. The summed E-state index contributed by atoms with van der Waals surface area (Å²) in [6.45, 7) is 4.60. The minimum Gasteiger partial charge on any atom is -0.465 e. The quantitative estimate of drug-likeness (QED) is 0.578. The number of halogens is 1. The summed E-state index contributed by atoms with van der Waals surface area (Å²) < 4.78 is 4.75. The fourth-order valence-corrected chi connectivity index (χ4v) is 2.88. The van der Waals surface area contributed by atoms with Crippen molar-refractivity contribution >= 4 is 35.0 Å². The highest BCUT2D eigenvalue weighted by molar-refractivity contribution is 6.33. The van der Waals surface area contributed by atoms with E-state index in [4.69, 9.17) is 16.3 Å². The number of benzene rings is 2. The molecule has 0 saturated heterocycles. The first-order chi connectivity index (χ1) is 13.4. The zero-order valence-corrected chi connectivity index (χ0v) is 16.7. The van der Waals surface area contributed by atoms with Crippen LogP contribution in [0, 0.1) is 13.8 Å². The molecule has 2 aromatic carbocycles. The average molecular weight is 397 g/mol. The van der Waals surface area contributed by atoms with Gasteiger partial charge in [-0.1, -0.05) is 41.4 Å². The van der Waals surface area contributed by atoms with Crippen molar-refractivity contribution in [3.8, 4) is 0 Å². The molecule has 6 nitrogen and oxygen atoms in total. The lowest BCUT2D eigenvalue weighted by Gasteiger charge is -2.12. The standard InChI is InChI=1S/C21H21ClN4O2/c1-13-5-4-6-15(9-13)12-23-19-10-14(2)24-21(26-19)25-18-11-16(20(27)28-3)7-8-17(18)22/h4-11H,12H2,1-3H3,(H2,23,24,25,26). The van der Waals surface area contributed by atoms with Gasteiger partial charge in [0.1, 0.15) is 5.82 Å². The largest absolute Gasteiger partial charge is 0.465 e. The van der Waals surface area contributed by atoms with E-state index >= 15 is 0 Å². The third kappa shape index (κ3) is 4.98. The van der Waals surface area contributed by atoms with Gasteiger partial charge in [0.25, 0.3) is 0 Å². The third-order valence-electron chi connectivity index (χ3n) is 4.04. The van der Waals surface area contributed by atoms with Crippen LogP contribution in [0.4, 0.5) is 17.5 Å². The second-order valence-electron chi connectivity index (χ2n) is 6.37. The van der Waals surface area contributed by atoms with E-state index in [9.17, 15) is 4.79 Å². The Morgan fingerprint density at radius 3 is 2.68 bits per heavy atom. The second-order valence-corrected chi connectivity index (χ2v) is 6.78. The van der Waals surface area contributed by atoms with E-state index in [0.29, 0.717) is 34.6 Å². The van der Waals surface area contributed by atoms with E-state index < -0.39 is 5.97 Å². The van der Waals surface area contributed by atoms with Crippen LogP contribution in [0.3, 0.4) is 0 Å². The monoisotopic (exact) mass is 396 g/mol. The molecule has 2 N–H and O–H groups in total. The summed E-state index contributed by atoms with van der Waals surface area (Å²) in [5.74, 6) is 0.637. The number of carbonyl (C=O) groups is 1. The molecule has 0 unspecified atom stereocenters. The Bertz CT molecular complexity index is 1010. The minimum absolute atomic E-state index is 0.385. The van der Waals surface area contributed by atoms with Gasteiger partial charge in [-0.2, -0.15) is 4.98 Å². The van der Waals surface area contributed by atoms with Crippen molar-refractivity contribution in [2.75, 3.05) is 17.7 Å². The van der Waals surface area contributed by atoms with Gasteiger partial charge in [-0.3, -0.25) is 0 Å². The van der Waals surface area contributed by atoms with Gasteiger partial charge in [0.05, 0.1) is 23.4 Å². The molecule has 0 radical (unpaired) electrons. The predicted molar refractivity (Wildman–Crippen MR) is 111 cm³/mol. The number of hydrogen-bond acceptors (Lipinski definition) is 6. The van der Waals surface area contributed by atoms with Crippen LogP contribution < -0.4 is 10.6 Å². The smallest absolute Gasteiger partial charge is 0.337 e. The summed E-state index contributed by atoms with van der Waals surface area (Å²) in [6, 6.07) is 15.0. The Kier molecular flexibility index (Phi) is 6.11. The number of methoxy groups -OCH3 is 1. The van der Waals surface area contributed by atoms with Gasteiger partial charge in [0, 0.05) is 18.3 Å². The second kappa shape index (κ2) is 8.71. The first-order valence-corrected chi connectivity index (χ1v) is 9.12. The SMILES string of the molecule is COC(=O)c1ccc(Cl)c(Nc2nc(C)cc(NCc3cccc(C)c3)n2)c1. The number of anilines is 3. The van der Waals surface area contributed by atoms with E-state index in [1.54, 1.807) is 18.2 Å². The molecule has 0 aliphatic carbocycles.